The van der Waals surface area contributed by atoms with Crippen LogP contribution in [-0.4, -0.2) is 25.2 Å². The average molecular weight is 165 g/mol. The predicted octanol–water partition coefficient (Wildman–Crippen LogP) is 0.492. The fraction of sp³-hybridized carbons (Fsp3) is 0.375. The molecule has 1 aromatic heterocycles. The molecule has 12 heavy (non-hydrogen) atoms. The Morgan fingerprint density at radius 1 is 1.67 bits per heavy atom. The smallest absolute Gasteiger partial charge is 0.237 e. The number of likely N-dealkylation sites (N-methyl/N-ethyl adjacent to an activating group) is 1. The topological polar surface area (TPSA) is 51.4 Å². The van der Waals surface area contributed by atoms with Crippen LogP contribution in [0, 0.1) is 0 Å². The lowest BCUT2D eigenvalue weighted by molar-refractivity contribution is 0.299. The molecule has 0 saturated heterocycles. The molecule has 0 amide bonds. The highest BCUT2D eigenvalue weighted by atomic mass is 16.5. The second-order valence-corrected chi connectivity index (χ2v) is 2.86. The third kappa shape index (κ3) is 1.05. The van der Waals surface area contributed by atoms with Crippen LogP contribution in [0.2, 0.25) is 0 Å². The summed E-state index contributed by atoms with van der Waals surface area (Å²) in [7, 11) is 2.00. The second kappa shape index (κ2) is 2.55. The number of ether oxygens (including phenoxy) is 1. The van der Waals surface area contributed by atoms with E-state index >= 15 is 0 Å². The summed E-state index contributed by atoms with van der Waals surface area (Å²) >= 11 is 0. The first-order chi connectivity index (χ1) is 5.77. The molecule has 2 heterocycles. The standard InChI is InChI=1S/C8H11N3O/c1-11-2-3-12-8-7(11)4-6(9)5-10-8/h4-5H,2-3,9H2,1H3. The van der Waals surface area contributed by atoms with Crippen LogP contribution in [0.3, 0.4) is 0 Å². The van der Waals surface area contributed by atoms with Gasteiger partial charge in [-0.1, -0.05) is 0 Å². The number of hydrogen-bond acceptors (Lipinski definition) is 4. The van der Waals surface area contributed by atoms with Gasteiger partial charge in [-0.25, -0.2) is 4.98 Å². The van der Waals surface area contributed by atoms with Gasteiger partial charge in [-0.2, -0.15) is 0 Å². The van der Waals surface area contributed by atoms with Crippen molar-refractivity contribution in [1.29, 1.82) is 0 Å². The number of aromatic nitrogens is 1. The molecular formula is C8H11N3O. The number of rotatable bonds is 0. The normalized spacial score (nSPS) is 15.2. The quantitative estimate of drug-likeness (QED) is 0.608. The van der Waals surface area contributed by atoms with Crippen molar-refractivity contribution in [3.05, 3.63) is 12.3 Å². The lowest BCUT2D eigenvalue weighted by Gasteiger charge is -2.26. The molecular weight excluding hydrogens is 154 g/mol. The van der Waals surface area contributed by atoms with Gasteiger partial charge in [0.1, 0.15) is 12.3 Å². The molecule has 1 aliphatic heterocycles. The Hall–Kier alpha value is -1.45. The van der Waals surface area contributed by atoms with E-state index in [9.17, 15) is 0 Å². The third-order valence-corrected chi connectivity index (χ3v) is 1.93. The van der Waals surface area contributed by atoms with Crippen LogP contribution in [-0.2, 0) is 0 Å². The maximum absolute atomic E-state index is 5.60. The van der Waals surface area contributed by atoms with E-state index in [0.29, 0.717) is 18.2 Å². The highest BCUT2D eigenvalue weighted by Gasteiger charge is 2.15. The predicted molar refractivity (Wildman–Crippen MR) is 47.4 cm³/mol. The van der Waals surface area contributed by atoms with Gasteiger partial charge in [0, 0.05) is 7.05 Å². The summed E-state index contributed by atoms with van der Waals surface area (Å²) < 4.78 is 5.34. The van der Waals surface area contributed by atoms with E-state index in [1.807, 2.05) is 13.1 Å². The van der Waals surface area contributed by atoms with Crippen molar-refractivity contribution in [3.8, 4) is 5.88 Å². The monoisotopic (exact) mass is 165 g/mol. The van der Waals surface area contributed by atoms with Crippen LogP contribution in [0.15, 0.2) is 12.3 Å². The van der Waals surface area contributed by atoms with Crippen molar-refractivity contribution in [2.75, 3.05) is 30.8 Å². The first-order valence-electron chi connectivity index (χ1n) is 3.87. The summed E-state index contributed by atoms with van der Waals surface area (Å²) in [6.45, 7) is 1.58. The molecule has 0 atom stereocenters. The van der Waals surface area contributed by atoms with Gasteiger partial charge in [0.05, 0.1) is 18.4 Å². The van der Waals surface area contributed by atoms with Crippen molar-refractivity contribution in [2.45, 2.75) is 0 Å². The highest BCUT2D eigenvalue weighted by Crippen LogP contribution is 2.29. The first kappa shape index (κ1) is 7.21. The molecule has 4 nitrogen and oxygen atoms in total. The van der Waals surface area contributed by atoms with Crippen molar-refractivity contribution < 1.29 is 4.74 Å². The lowest BCUT2D eigenvalue weighted by atomic mass is 10.3. The molecule has 1 aliphatic rings. The zero-order valence-corrected chi connectivity index (χ0v) is 6.95. The summed E-state index contributed by atoms with van der Waals surface area (Å²) in [4.78, 5) is 6.17. The molecule has 2 rings (SSSR count). The Kier molecular flexibility index (Phi) is 1.53. The average Bonchev–Trinajstić information content (AvgIpc) is 2.07. The molecule has 0 radical (unpaired) electrons. The zero-order chi connectivity index (χ0) is 8.55. The van der Waals surface area contributed by atoms with Gasteiger partial charge in [0.25, 0.3) is 0 Å². The van der Waals surface area contributed by atoms with Crippen molar-refractivity contribution >= 4 is 11.4 Å². The van der Waals surface area contributed by atoms with Crippen LogP contribution in [0.5, 0.6) is 5.88 Å². The molecule has 0 saturated carbocycles. The Labute approximate surface area is 71.0 Å². The van der Waals surface area contributed by atoms with Gasteiger partial charge in [-0.05, 0) is 6.07 Å². The van der Waals surface area contributed by atoms with E-state index in [4.69, 9.17) is 10.5 Å². The van der Waals surface area contributed by atoms with Crippen molar-refractivity contribution in [1.82, 2.24) is 4.98 Å². The minimum atomic E-state index is 0.672. The number of pyridine rings is 1. The lowest BCUT2D eigenvalue weighted by Crippen LogP contribution is -2.29. The molecule has 0 aromatic carbocycles. The molecule has 0 bridgehead atoms. The van der Waals surface area contributed by atoms with Crippen LogP contribution < -0.4 is 15.4 Å². The molecule has 0 fully saturated rings. The van der Waals surface area contributed by atoms with Gasteiger partial charge in [-0.3, -0.25) is 0 Å². The zero-order valence-electron chi connectivity index (χ0n) is 6.95. The van der Waals surface area contributed by atoms with E-state index in [-0.39, 0.29) is 0 Å². The molecule has 0 unspecified atom stereocenters. The Morgan fingerprint density at radius 2 is 2.50 bits per heavy atom. The molecule has 0 spiro atoms. The fourth-order valence-electron chi connectivity index (χ4n) is 1.24. The van der Waals surface area contributed by atoms with Gasteiger partial charge in [-0.15, -0.1) is 0 Å². The molecule has 1 aromatic rings. The van der Waals surface area contributed by atoms with E-state index in [1.54, 1.807) is 6.20 Å². The fourth-order valence-corrected chi connectivity index (χ4v) is 1.24. The number of nitrogen functional groups attached to an aromatic ring is 1. The van der Waals surface area contributed by atoms with E-state index in [1.165, 1.54) is 0 Å². The molecule has 0 aliphatic carbocycles. The summed E-state index contributed by atoms with van der Waals surface area (Å²) in [6, 6.07) is 1.88. The SMILES string of the molecule is CN1CCOc2ncc(N)cc21. The third-order valence-electron chi connectivity index (χ3n) is 1.93. The minimum absolute atomic E-state index is 0.672. The van der Waals surface area contributed by atoms with Crippen LogP contribution >= 0.6 is 0 Å². The largest absolute Gasteiger partial charge is 0.474 e. The summed E-state index contributed by atoms with van der Waals surface area (Å²) in [5.41, 5.74) is 7.25. The molecule has 4 heteroatoms. The van der Waals surface area contributed by atoms with E-state index < -0.39 is 0 Å². The van der Waals surface area contributed by atoms with Crippen LogP contribution in [0.25, 0.3) is 0 Å². The Bertz CT molecular complexity index is 300. The Morgan fingerprint density at radius 3 is 3.33 bits per heavy atom. The van der Waals surface area contributed by atoms with Gasteiger partial charge in [0.15, 0.2) is 0 Å². The first-order valence-corrected chi connectivity index (χ1v) is 3.87. The number of anilines is 2. The summed E-state index contributed by atoms with van der Waals surface area (Å²) in [5, 5.41) is 0. The summed E-state index contributed by atoms with van der Waals surface area (Å²) in [5.74, 6) is 0.679. The van der Waals surface area contributed by atoms with E-state index in [0.717, 1.165) is 12.2 Å². The van der Waals surface area contributed by atoms with Crippen molar-refractivity contribution in [3.63, 3.8) is 0 Å². The molecule has 64 valence electrons. The molecule has 2 N–H and O–H groups in total. The summed E-state index contributed by atoms with van der Waals surface area (Å²) in [6.07, 6.45) is 1.61. The van der Waals surface area contributed by atoms with Crippen LogP contribution in [0.4, 0.5) is 11.4 Å². The number of fused-ring (bicyclic) bond motifs is 1. The van der Waals surface area contributed by atoms with Gasteiger partial charge >= 0.3 is 0 Å². The van der Waals surface area contributed by atoms with Gasteiger partial charge < -0.3 is 15.4 Å². The maximum atomic E-state index is 5.60. The minimum Gasteiger partial charge on any atom is -0.474 e. The number of nitrogens with zero attached hydrogens (tertiary/aromatic N) is 2. The number of hydrogen-bond donors (Lipinski definition) is 1. The second-order valence-electron chi connectivity index (χ2n) is 2.86. The van der Waals surface area contributed by atoms with Crippen LogP contribution in [0.1, 0.15) is 0 Å². The van der Waals surface area contributed by atoms with E-state index in [2.05, 4.69) is 9.88 Å². The number of nitrogens with two attached hydrogens (primary N) is 1. The maximum Gasteiger partial charge on any atom is 0.237 e. The Balaban J connectivity index is 2.47. The highest BCUT2D eigenvalue weighted by molar-refractivity contribution is 5.61. The van der Waals surface area contributed by atoms with Gasteiger partial charge in [0.2, 0.25) is 5.88 Å². The van der Waals surface area contributed by atoms with Crippen molar-refractivity contribution in [2.24, 2.45) is 0 Å².